The van der Waals surface area contributed by atoms with Crippen LogP contribution in [0.5, 0.6) is 11.5 Å². The number of halogens is 1. The highest BCUT2D eigenvalue weighted by Gasteiger charge is 2.17. The molecule has 0 radical (unpaired) electrons. The maximum absolute atomic E-state index is 12.3. The lowest BCUT2D eigenvalue weighted by Crippen LogP contribution is -2.30. The van der Waals surface area contributed by atoms with Crippen LogP contribution in [0.1, 0.15) is 19.4 Å². The number of anilines is 1. The summed E-state index contributed by atoms with van der Waals surface area (Å²) in [5, 5.41) is 3.49. The molecule has 5 heteroatoms. The van der Waals surface area contributed by atoms with Gasteiger partial charge in [0.1, 0.15) is 11.5 Å². The van der Waals surface area contributed by atoms with E-state index in [1.54, 1.807) is 31.2 Å². The van der Waals surface area contributed by atoms with Crippen LogP contribution in [-0.2, 0) is 4.79 Å². The van der Waals surface area contributed by atoms with Gasteiger partial charge in [0.2, 0.25) is 0 Å². The Morgan fingerprint density at radius 3 is 2.70 bits per heavy atom. The number of para-hydroxylation sites is 2. The van der Waals surface area contributed by atoms with Gasteiger partial charge in [-0.25, -0.2) is 0 Å². The molecule has 0 aromatic heterocycles. The number of carbonyl (C=O) groups is 1. The first kappa shape index (κ1) is 17.2. The van der Waals surface area contributed by atoms with Crippen LogP contribution < -0.4 is 14.8 Å². The number of amides is 1. The molecule has 0 aliphatic heterocycles. The highest BCUT2D eigenvalue weighted by atomic mass is 35.5. The fourth-order valence-electron chi connectivity index (χ4n) is 2.03. The molecular formula is C18H20ClNO3. The molecule has 2 aromatic carbocycles. The second kappa shape index (κ2) is 7.88. The van der Waals surface area contributed by atoms with Gasteiger partial charge in [-0.1, -0.05) is 23.7 Å². The first-order chi connectivity index (χ1) is 11.0. The molecule has 0 spiro atoms. The van der Waals surface area contributed by atoms with Gasteiger partial charge in [0.25, 0.3) is 5.91 Å². The third-order valence-electron chi connectivity index (χ3n) is 3.26. The van der Waals surface area contributed by atoms with Gasteiger partial charge < -0.3 is 14.8 Å². The summed E-state index contributed by atoms with van der Waals surface area (Å²) in [6.45, 7) is 6.01. The van der Waals surface area contributed by atoms with Crippen molar-refractivity contribution in [3.8, 4) is 11.5 Å². The Labute approximate surface area is 141 Å². The zero-order valence-corrected chi connectivity index (χ0v) is 14.2. The summed E-state index contributed by atoms with van der Waals surface area (Å²) in [6.07, 6.45) is -0.648. The highest BCUT2D eigenvalue weighted by Crippen LogP contribution is 2.25. The molecule has 0 bridgehead atoms. The minimum Gasteiger partial charge on any atom is -0.492 e. The van der Waals surface area contributed by atoms with Crippen molar-refractivity contribution in [2.24, 2.45) is 0 Å². The fraction of sp³-hybridized carbons (Fsp3) is 0.278. The summed E-state index contributed by atoms with van der Waals surface area (Å²) < 4.78 is 11.2. The quantitative estimate of drug-likeness (QED) is 0.849. The molecule has 23 heavy (non-hydrogen) atoms. The smallest absolute Gasteiger partial charge is 0.265 e. The van der Waals surface area contributed by atoms with Crippen LogP contribution in [0.25, 0.3) is 0 Å². The summed E-state index contributed by atoms with van der Waals surface area (Å²) in [7, 11) is 0. The highest BCUT2D eigenvalue weighted by molar-refractivity contribution is 6.31. The Morgan fingerprint density at radius 2 is 2.00 bits per heavy atom. The SMILES string of the molecule is CCOc1ccccc1NC(=O)[C@@H](C)Oc1ccc(Cl)c(C)c1. The molecule has 122 valence electrons. The van der Waals surface area contributed by atoms with Gasteiger partial charge in [0.15, 0.2) is 6.10 Å². The number of rotatable bonds is 6. The van der Waals surface area contributed by atoms with Gasteiger partial charge in [-0.3, -0.25) is 4.79 Å². The number of hydrogen-bond acceptors (Lipinski definition) is 3. The maximum atomic E-state index is 12.3. The van der Waals surface area contributed by atoms with E-state index < -0.39 is 6.10 Å². The number of aryl methyl sites for hydroxylation is 1. The monoisotopic (exact) mass is 333 g/mol. The van der Waals surface area contributed by atoms with Crippen molar-refractivity contribution in [1.82, 2.24) is 0 Å². The molecule has 1 atom stereocenters. The minimum absolute atomic E-state index is 0.246. The van der Waals surface area contributed by atoms with Crippen LogP contribution in [0.2, 0.25) is 5.02 Å². The van der Waals surface area contributed by atoms with Crippen LogP contribution in [0.4, 0.5) is 5.69 Å². The Bertz CT molecular complexity index is 688. The van der Waals surface area contributed by atoms with Crippen molar-refractivity contribution >= 4 is 23.2 Å². The van der Waals surface area contributed by atoms with E-state index in [-0.39, 0.29) is 5.91 Å². The van der Waals surface area contributed by atoms with E-state index in [0.717, 1.165) is 5.56 Å². The third-order valence-corrected chi connectivity index (χ3v) is 3.68. The third kappa shape index (κ3) is 4.63. The van der Waals surface area contributed by atoms with E-state index in [1.165, 1.54) is 0 Å². The molecule has 0 saturated carbocycles. The van der Waals surface area contributed by atoms with E-state index >= 15 is 0 Å². The fourth-order valence-corrected chi connectivity index (χ4v) is 2.15. The van der Waals surface area contributed by atoms with Crippen molar-refractivity contribution in [2.45, 2.75) is 26.9 Å². The Kier molecular flexibility index (Phi) is 5.88. The average Bonchev–Trinajstić information content (AvgIpc) is 2.53. The molecule has 0 aliphatic rings. The molecule has 0 aliphatic carbocycles. The molecular weight excluding hydrogens is 314 g/mol. The second-order valence-electron chi connectivity index (χ2n) is 5.09. The Balaban J connectivity index is 2.04. The van der Waals surface area contributed by atoms with E-state index in [9.17, 15) is 4.79 Å². The number of hydrogen-bond donors (Lipinski definition) is 1. The number of ether oxygens (including phenoxy) is 2. The van der Waals surface area contributed by atoms with Crippen molar-refractivity contribution in [1.29, 1.82) is 0 Å². The van der Waals surface area contributed by atoms with E-state index in [1.807, 2.05) is 32.0 Å². The van der Waals surface area contributed by atoms with Gasteiger partial charge in [-0.15, -0.1) is 0 Å². The molecule has 0 fully saturated rings. The second-order valence-corrected chi connectivity index (χ2v) is 5.50. The lowest BCUT2D eigenvalue weighted by molar-refractivity contribution is -0.122. The zero-order valence-electron chi connectivity index (χ0n) is 13.4. The van der Waals surface area contributed by atoms with E-state index in [2.05, 4.69) is 5.32 Å². The summed E-state index contributed by atoms with van der Waals surface area (Å²) in [4.78, 5) is 12.3. The first-order valence-electron chi connectivity index (χ1n) is 7.46. The maximum Gasteiger partial charge on any atom is 0.265 e. The molecule has 1 amide bonds. The molecule has 4 nitrogen and oxygen atoms in total. The van der Waals surface area contributed by atoms with Gasteiger partial charge in [0.05, 0.1) is 12.3 Å². The normalized spacial score (nSPS) is 11.7. The molecule has 1 N–H and O–H groups in total. The summed E-state index contributed by atoms with van der Waals surface area (Å²) in [6, 6.07) is 12.6. The van der Waals surface area contributed by atoms with E-state index in [0.29, 0.717) is 28.8 Å². The molecule has 0 unspecified atom stereocenters. The van der Waals surface area contributed by atoms with Crippen molar-refractivity contribution in [3.05, 3.63) is 53.1 Å². The summed E-state index contributed by atoms with van der Waals surface area (Å²) >= 11 is 5.99. The average molecular weight is 334 g/mol. The van der Waals surface area contributed by atoms with Crippen LogP contribution >= 0.6 is 11.6 Å². The van der Waals surface area contributed by atoms with Crippen molar-refractivity contribution in [2.75, 3.05) is 11.9 Å². The van der Waals surface area contributed by atoms with E-state index in [4.69, 9.17) is 21.1 Å². The predicted molar refractivity (Wildman–Crippen MR) is 92.5 cm³/mol. The number of carbonyl (C=O) groups excluding carboxylic acids is 1. The van der Waals surface area contributed by atoms with Gasteiger partial charge in [-0.05, 0) is 56.7 Å². The van der Waals surface area contributed by atoms with Gasteiger partial charge >= 0.3 is 0 Å². The molecule has 0 saturated heterocycles. The largest absolute Gasteiger partial charge is 0.492 e. The summed E-state index contributed by atoms with van der Waals surface area (Å²) in [5.41, 5.74) is 1.53. The van der Waals surface area contributed by atoms with Crippen LogP contribution in [0.3, 0.4) is 0 Å². The zero-order chi connectivity index (χ0) is 16.8. The lowest BCUT2D eigenvalue weighted by Gasteiger charge is -2.17. The topological polar surface area (TPSA) is 47.6 Å². The van der Waals surface area contributed by atoms with Crippen LogP contribution in [0.15, 0.2) is 42.5 Å². The predicted octanol–water partition coefficient (Wildman–Crippen LogP) is 4.45. The molecule has 2 rings (SSSR count). The van der Waals surface area contributed by atoms with Gasteiger partial charge in [-0.2, -0.15) is 0 Å². The van der Waals surface area contributed by atoms with Crippen molar-refractivity contribution < 1.29 is 14.3 Å². The number of benzene rings is 2. The van der Waals surface area contributed by atoms with Crippen LogP contribution in [0, 0.1) is 6.92 Å². The molecule has 0 heterocycles. The number of nitrogens with one attached hydrogen (secondary N) is 1. The van der Waals surface area contributed by atoms with Crippen molar-refractivity contribution in [3.63, 3.8) is 0 Å². The Morgan fingerprint density at radius 1 is 1.26 bits per heavy atom. The van der Waals surface area contributed by atoms with Crippen LogP contribution in [-0.4, -0.2) is 18.6 Å². The standard InChI is InChI=1S/C18H20ClNO3/c1-4-22-17-8-6-5-7-16(17)20-18(21)13(3)23-14-9-10-15(19)12(2)11-14/h5-11,13H,4H2,1-3H3,(H,20,21)/t13-/m1/s1. The minimum atomic E-state index is -0.648. The van der Waals surface area contributed by atoms with Gasteiger partial charge in [0, 0.05) is 5.02 Å². The lowest BCUT2D eigenvalue weighted by atomic mass is 10.2. The summed E-state index contributed by atoms with van der Waals surface area (Å²) in [5.74, 6) is 0.996. The first-order valence-corrected chi connectivity index (χ1v) is 7.84. The Hall–Kier alpha value is -2.20. The molecule has 2 aromatic rings.